The van der Waals surface area contributed by atoms with E-state index in [1.807, 2.05) is 0 Å². The maximum atomic E-state index is 12.5. The van der Waals surface area contributed by atoms with Crippen molar-refractivity contribution in [3.05, 3.63) is 0 Å². The van der Waals surface area contributed by atoms with E-state index in [2.05, 4.69) is 4.74 Å². The molecule has 0 heterocycles. The Morgan fingerprint density at radius 1 is 0.889 bits per heavy atom. The topological polar surface area (TPSA) is 193 Å². The fourth-order valence-electron chi connectivity index (χ4n) is 2.31. The number of carbonyl (C=O) groups is 6. The van der Waals surface area contributed by atoms with Crippen LogP contribution in [0.5, 0.6) is 0 Å². The van der Waals surface area contributed by atoms with E-state index < -0.39 is 98.9 Å². The molecule has 0 radical (unpaired) electrons. The number of aliphatic hydroxyl groups excluding tert-OH is 1. The van der Waals surface area contributed by atoms with Crippen molar-refractivity contribution in [1.82, 2.24) is 0 Å². The molecule has 0 saturated heterocycles. The van der Waals surface area contributed by atoms with Crippen LogP contribution in [0.15, 0.2) is 0 Å². The standard InChI is InChI=1S/C16H22O11/c1-7(17)13(23)15(25,9(3)19)16(26,10(4)20)14(24,8(2)18)12(22)6-27-11(5)21/h12,22,24-26H,6H2,1-5H3/t12-,14+,15+,16+/m1/s1/i1D,2D,3D,4D,5D. The first-order chi connectivity index (χ1) is 14.7. The molecule has 0 aliphatic rings. The summed E-state index contributed by atoms with van der Waals surface area (Å²) >= 11 is 0. The van der Waals surface area contributed by atoms with Gasteiger partial charge >= 0.3 is 5.97 Å². The molecule has 0 fully saturated rings. The van der Waals surface area contributed by atoms with Gasteiger partial charge in [-0.1, -0.05) is 0 Å². The second-order valence-corrected chi connectivity index (χ2v) is 5.41. The quantitative estimate of drug-likeness (QED) is 0.168. The SMILES string of the molecule is [2H]CC(=O)OC[C@@H](O)[C@@](O)(C(=O)C[2H])[C@@](O)(C(=O)C[2H])[C@](O)(C(=O)C[2H])C(=O)C(=O)C[2H]. The van der Waals surface area contributed by atoms with E-state index in [1.54, 1.807) is 0 Å². The van der Waals surface area contributed by atoms with E-state index in [0.29, 0.717) is 0 Å². The highest BCUT2D eigenvalue weighted by Crippen LogP contribution is 2.39. The van der Waals surface area contributed by atoms with Crippen LogP contribution < -0.4 is 0 Å². The molecule has 0 aliphatic carbocycles. The first-order valence-electron chi connectivity index (χ1n) is 10.4. The fourth-order valence-corrected chi connectivity index (χ4v) is 2.31. The highest BCUT2D eigenvalue weighted by molar-refractivity contribution is 6.45. The van der Waals surface area contributed by atoms with Crippen LogP contribution in [0.25, 0.3) is 0 Å². The Labute approximate surface area is 160 Å². The molecule has 27 heavy (non-hydrogen) atoms. The maximum absolute atomic E-state index is 12.5. The molecule has 0 unspecified atom stereocenters. The summed E-state index contributed by atoms with van der Waals surface area (Å²) in [6.07, 6.45) is -2.94. The molecular formula is C16H22O11. The zero-order valence-electron chi connectivity index (χ0n) is 19.0. The number of rotatable bonds is 10. The Balaban J connectivity index is 7.32. The van der Waals surface area contributed by atoms with Crippen LogP contribution in [-0.4, -0.2) is 84.8 Å². The summed E-state index contributed by atoms with van der Waals surface area (Å²) in [5.74, 6) is -12.0. The third-order valence-corrected chi connectivity index (χ3v) is 3.77. The summed E-state index contributed by atoms with van der Waals surface area (Å²) in [7, 11) is 0. The largest absolute Gasteiger partial charge is 0.463 e. The number of Topliss-reactive ketones (excluding diaryl/α,β-unsaturated/α-hetero) is 5. The molecular weight excluding hydrogens is 368 g/mol. The molecule has 0 aromatic rings. The van der Waals surface area contributed by atoms with E-state index in [4.69, 9.17) is 6.85 Å². The van der Waals surface area contributed by atoms with Gasteiger partial charge in [0.1, 0.15) is 12.7 Å². The van der Waals surface area contributed by atoms with Gasteiger partial charge < -0.3 is 25.2 Å². The monoisotopic (exact) mass is 395 g/mol. The van der Waals surface area contributed by atoms with Gasteiger partial charge in [-0.2, -0.15) is 0 Å². The number of hydrogen-bond donors (Lipinski definition) is 4. The average Bonchev–Trinajstić information content (AvgIpc) is 2.82. The predicted octanol–water partition coefficient (Wildman–Crippen LogP) is -2.97. The van der Waals surface area contributed by atoms with Gasteiger partial charge in [-0.05, 0) is 20.7 Å². The van der Waals surface area contributed by atoms with Gasteiger partial charge in [-0.3, -0.25) is 28.8 Å². The lowest BCUT2D eigenvalue weighted by Crippen LogP contribution is -2.81. The van der Waals surface area contributed by atoms with Crippen LogP contribution in [0.2, 0.25) is 0 Å². The summed E-state index contributed by atoms with van der Waals surface area (Å²) in [6.45, 7) is -8.81. The minimum Gasteiger partial charge on any atom is -0.463 e. The molecule has 0 bridgehead atoms. The number of ketones is 5. The summed E-state index contributed by atoms with van der Waals surface area (Å²) in [6, 6.07) is 0. The van der Waals surface area contributed by atoms with Gasteiger partial charge in [-0.15, -0.1) is 0 Å². The normalized spacial score (nSPS) is 21.3. The Hall–Kier alpha value is -2.34. The van der Waals surface area contributed by atoms with E-state index >= 15 is 0 Å². The third kappa shape index (κ3) is 3.72. The zero-order valence-corrected chi connectivity index (χ0v) is 14.0. The van der Waals surface area contributed by atoms with Gasteiger partial charge in [0.25, 0.3) is 0 Å². The number of esters is 1. The number of aliphatic hydroxyl groups is 4. The average molecular weight is 395 g/mol. The summed E-state index contributed by atoms with van der Waals surface area (Å²) in [5.41, 5.74) is -13.2. The Morgan fingerprint density at radius 2 is 1.44 bits per heavy atom. The van der Waals surface area contributed by atoms with Crippen molar-refractivity contribution in [3.8, 4) is 0 Å². The van der Waals surface area contributed by atoms with Crippen LogP contribution in [0, 0.1) is 0 Å². The van der Waals surface area contributed by atoms with Gasteiger partial charge in [0.05, 0.1) is 0 Å². The molecule has 0 amide bonds. The molecule has 4 N–H and O–H groups in total. The lowest BCUT2D eigenvalue weighted by molar-refractivity contribution is -0.247. The molecule has 0 rings (SSSR count). The molecule has 0 saturated carbocycles. The number of carbonyl (C=O) groups excluding carboxylic acids is 6. The minimum atomic E-state index is -4.52. The highest BCUT2D eigenvalue weighted by Gasteiger charge is 2.74. The molecule has 4 atom stereocenters. The zero-order chi connectivity index (χ0) is 25.5. The van der Waals surface area contributed by atoms with Gasteiger partial charge in [-0.25, -0.2) is 0 Å². The first-order valence-corrected chi connectivity index (χ1v) is 6.86. The third-order valence-electron chi connectivity index (χ3n) is 3.77. The summed E-state index contributed by atoms with van der Waals surface area (Å²) in [4.78, 5) is 72.8. The smallest absolute Gasteiger partial charge is 0.302 e. The van der Waals surface area contributed by atoms with E-state index in [1.165, 1.54) is 0 Å². The lowest BCUT2D eigenvalue weighted by Gasteiger charge is -2.48. The number of hydrogen-bond acceptors (Lipinski definition) is 11. The van der Waals surface area contributed by atoms with Crippen LogP contribution >= 0.6 is 0 Å². The Morgan fingerprint density at radius 3 is 1.89 bits per heavy atom. The van der Waals surface area contributed by atoms with Gasteiger partial charge in [0, 0.05) is 20.7 Å². The van der Waals surface area contributed by atoms with Gasteiger partial charge in [0.15, 0.2) is 28.7 Å². The molecule has 0 aromatic heterocycles. The highest BCUT2D eigenvalue weighted by atomic mass is 16.5. The van der Waals surface area contributed by atoms with Crippen molar-refractivity contribution in [2.75, 3.05) is 6.61 Å². The van der Waals surface area contributed by atoms with Crippen molar-refractivity contribution in [2.45, 2.75) is 57.4 Å². The maximum Gasteiger partial charge on any atom is 0.302 e. The van der Waals surface area contributed by atoms with Crippen molar-refractivity contribution in [3.63, 3.8) is 0 Å². The molecule has 0 aliphatic heterocycles. The molecule has 152 valence electrons. The summed E-state index contributed by atoms with van der Waals surface area (Å²) < 4.78 is 39.5. The molecule has 11 heteroatoms. The second-order valence-electron chi connectivity index (χ2n) is 5.41. The van der Waals surface area contributed by atoms with Crippen molar-refractivity contribution in [1.29, 1.82) is 0 Å². The second kappa shape index (κ2) is 8.13. The number of ether oxygens (including phenoxy) is 1. The Kier molecular flexibility index (Phi) is 5.06. The van der Waals surface area contributed by atoms with Crippen LogP contribution in [-0.2, 0) is 33.5 Å². The predicted molar refractivity (Wildman–Crippen MR) is 85.2 cm³/mol. The van der Waals surface area contributed by atoms with Crippen molar-refractivity contribution in [2.24, 2.45) is 0 Å². The first kappa shape index (κ1) is 16.8. The van der Waals surface area contributed by atoms with E-state index in [-0.39, 0.29) is 0 Å². The van der Waals surface area contributed by atoms with E-state index in [9.17, 15) is 49.2 Å². The van der Waals surface area contributed by atoms with Crippen LogP contribution in [0.4, 0.5) is 0 Å². The molecule has 11 nitrogen and oxygen atoms in total. The van der Waals surface area contributed by atoms with E-state index in [0.717, 1.165) is 0 Å². The minimum absolute atomic E-state index is 1.02. The van der Waals surface area contributed by atoms with Crippen LogP contribution in [0.1, 0.15) is 41.4 Å². The van der Waals surface area contributed by atoms with Gasteiger partial charge in [0.2, 0.25) is 17.0 Å². The Bertz CT molecular complexity index is 790. The molecule has 0 spiro atoms. The fraction of sp³-hybridized carbons (Fsp3) is 0.625. The summed E-state index contributed by atoms with van der Waals surface area (Å²) in [5, 5.41) is 43.2. The molecule has 0 aromatic carbocycles. The van der Waals surface area contributed by atoms with Crippen molar-refractivity contribution >= 4 is 34.9 Å². The van der Waals surface area contributed by atoms with Crippen molar-refractivity contribution < 1.29 is 60.8 Å². The van der Waals surface area contributed by atoms with Crippen LogP contribution in [0.3, 0.4) is 0 Å². The lowest BCUT2D eigenvalue weighted by atomic mass is 9.61.